The number of aliphatic carboxylic acids is 1. The van der Waals surface area contributed by atoms with Crippen molar-refractivity contribution >= 4 is 11.9 Å². The predicted molar refractivity (Wildman–Crippen MR) is 92.8 cm³/mol. The molecule has 25 heavy (non-hydrogen) atoms. The summed E-state index contributed by atoms with van der Waals surface area (Å²) in [6, 6.07) is 3.47. The first-order valence-electron chi connectivity index (χ1n) is 8.52. The number of benzene rings is 1. The van der Waals surface area contributed by atoms with E-state index in [9.17, 15) is 19.1 Å². The van der Waals surface area contributed by atoms with Gasteiger partial charge in [-0.3, -0.25) is 19.4 Å². The van der Waals surface area contributed by atoms with Crippen LogP contribution in [-0.2, 0) is 9.59 Å². The van der Waals surface area contributed by atoms with E-state index in [1.807, 2.05) is 23.6 Å². The van der Waals surface area contributed by atoms with Gasteiger partial charge in [-0.2, -0.15) is 0 Å². The minimum atomic E-state index is -0.986. The molecule has 0 radical (unpaired) electrons. The summed E-state index contributed by atoms with van der Waals surface area (Å²) >= 11 is 0. The average molecular weight is 351 g/mol. The Kier molecular flexibility index (Phi) is 6.50. The van der Waals surface area contributed by atoms with E-state index in [-0.39, 0.29) is 11.9 Å². The number of halogens is 1. The normalized spacial score (nSPS) is 17.5. The molecule has 138 valence electrons. The molecule has 2 N–H and O–H groups in total. The van der Waals surface area contributed by atoms with Gasteiger partial charge in [-0.05, 0) is 44.0 Å². The van der Waals surface area contributed by atoms with Gasteiger partial charge >= 0.3 is 5.97 Å². The predicted octanol–water partition coefficient (Wildman–Crippen LogP) is 1.40. The van der Waals surface area contributed by atoms with Gasteiger partial charge in [-0.15, -0.1) is 0 Å². The van der Waals surface area contributed by atoms with Crippen LogP contribution in [0, 0.1) is 12.7 Å². The van der Waals surface area contributed by atoms with Crippen molar-refractivity contribution in [3.8, 4) is 0 Å². The van der Waals surface area contributed by atoms with E-state index in [2.05, 4.69) is 5.32 Å². The van der Waals surface area contributed by atoms with E-state index >= 15 is 0 Å². The molecule has 1 atom stereocenters. The van der Waals surface area contributed by atoms with Crippen LogP contribution in [0.15, 0.2) is 18.2 Å². The summed E-state index contributed by atoms with van der Waals surface area (Å²) in [5.41, 5.74) is 1.24. The number of rotatable bonds is 6. The molecule has 0 saturated carbocycles. The molecule has 2 rings (SSSR count). The fourth-order valence-electron chi connectivity index (χ4n) is 3.14. The number of carbonyl (C=O) groups excluding carboxylic acids is 1. The number of nitrogens with one attached hydrogen (secondary N) is 1. The lowest BCUT2D eigenvalue weighted by molar-refractivity contribution is -0.144. The fraction of sp³-hybridized carbons (Fsp3) is 0.556. The van der Waals surface area contributed by atoms with E-state index in [4.69, 9.17) is 0 Å². The van der Waals surface area contributed by atoms with Crippen LogP contribution in [0.2, 0.25) is 0 Å². The Morgan fingerprint density at radius 1 is 1.24 bits per heavy atom. The van der Waals surface area contributed by atoms with Crippen LogP contribution in [0.25, 0.3) is 0 Å². The second-order valence-corrected chi connectivity index (χ2v) is 6.78. The SMILES string of the molecule is Cc1ccc(F)cc1[C@H](C(=O)O)N1CCN(CC(=O)NC(C)C)CC1. The maximum absolute atomic E-state index is 13.6. The minimum absolute atomic E-state index is 0.0285. The molecule has 0 aliphatic carbocycles. The second kappa shape index (κ2) is 8.40. The topological polar surface area (TPSA) is 72.9 Å². The van der Waals surface area contributed by atoms with Crippen LogP contribution < -0.4 is 5.32 Å². The van der Waals surface area contributed by atoms with Crippen LogP contribution >= 0.6 is 0 Å². The van der Waals surface area contributed by atoms with Gasteiger partial charge in [0.05, 0.1) is 6.54 Å². The van der Waals surface area contributed by atoms with Crippen LogP contribution in [0.4, 0.5) is 4.39 Å². The Bertz CT molecular complexity index is 628. The van der Waals surface area contributed by atoms with E-state index in [1.54, 1.807) is 13.0 Å². The first-order valence-corrected chi connectivity index (χ1v) is 8.52. The Labute approximate surface area is 147 Å². The highest BCUT2D eigenvalue weighted by Gasteiger charge is 2.31. The van der Waals surface area contributed by atoms with Crippen LogP contribution in [0.5, 0.6) is 0 Å². The molecule has 0 spiro atoms. The molecule has 1 aliphatic heterocycles. The Hall–Kier alpha value is -1.99. The van der Waals surface area contributed by atoms with Crippen molar-refractivity contribution in [3.05, 3.63) is 35.1 Å². The number of carbonyl (C=O) groups is 2. The quantitative estimate of drug-likeness (QED) is 0.811. The van der Waals surface area contributed by atoms with Gasteiger partial charge in [0.15, 0.2) is 0 Å². The summed E-state index contributed by atoms with van der Waals surface area (Å²) < 4.78 is 13.6. The van der Waals surface area contributed by atoms with Gasteiger partial charge in [0, 0.05) is 32.2 Å². The Morgan fingerprint density at radius 3 is 2.44 bits per heavy atom. The zero-order chi connectivity index (χ0) is 18.6. The number of amides is 1. The summed E-state index contributed by atoms with van der Waals surface area (Å²) in [5.74, 6) is -1.45. The number of aryl methyl sites for hydroxylation is 1. The molecule has 1 fully saturated rings. The molecule has 1 aromatic rings. The fourth-order valence-corrected chi connectivity index (χ4v) is 3.14. The summed E-state index contributed by atoms with van der Waals surface area (Å²) in [6.45, 7) is 8.15. The lowest BCUT2D eigenvalue weighted by Gasteiger charge is -2.38. The number of nitrogens with zero attached hydrogens (tertiary/aromatic N) is 2. The molecule has 0 unspecified atom stereocenters. The van der Waals surface area contributed by atoms with Crippen LogP contribution in [0.3, 0.4) is 0 Å². The third-order valence-electron chi connectivity index (χ3n) is 4.36. The Morgan fingerprint density at radius 2 is 1.88 bits per heavy atom. The smallest absolute Gasteiger partial charge is 0.325 e. The van der Waals surface area contributed by atoms with Crippen molar-refractivity contribution in [3.63, 3.8) is 0 Å². The van der Waals surface area contributed by atoms with Crippen molar-refractivity contribution in [1.29, 1.82) is 0 Å². The van der Waals surface area contributed by atoms with Crippen LogP contribution in [-0.4, -0.2) is 65.5 Å². The minimum Gasteiger partial charge on any atom is -0.480 e. The summed E-state index contributed by atoms with van der Waals surface area (Å²) in [5, 5.41) is 12.5. The van der Waals surface area contributed by atoms with Gasteiger partial charge in [0.25, 0.3) is 0 Å². The first kappa shape index (κ1) is 19.3. The third-order valence-corrected chi connectivity index (χ3v) is 4.36. The molecule has 1 heterocycles. The maximum atomic E-state index is 13.6. The van der Waals surface area contributed by atoms with Crippen molar-refractivity contribution in [2.45, 2.75) is 32.9 Å². The van der Waals surface area contributed by atoms with Crippen LogP contribution in [0.1, 0.15) is 31.0 Å². The molecule has 1 amide bonds. The summed E-state index contributed by atoms with van der Waals surface area (Å²) in [6.07, 6.45) is 0. The number of carboxylic acid groups (broad SMARTS) is 1. The number of carboxylic acids is 1. The first-order chi connectivity index (χ1) is 11.8. The molecule has 1 aliphatic rings. The molecule has 6 nitrogen and oxygen atoms in total. The molecular formula is C18H26FN3O3. The van der Waals surface area contributed by atoms with Gasteiger partial charge in [0.1, 0.15) is 11.9 Å². The van der Waals surface area contributed by atoms with E-state index in [1.165, 1.54) is 12.1 Å². The van der Waals surface area contributed by atoms with Gasteiger partial charge < -0.3 is 10.4 Å². The second-order valence-electron chi connectivity index (χ2n) is 6.78. The number of piperazine rings is 1. The molecule has 7 heteroatoms. The zero-order valence-electron chi connectivity index (χ0n) is 15.0. The van der Waals surface area contributed by atoms with Crippen molar-refractivity contribution in [2.24, 2.45) is 0 Å². The number of hydrogen-bond acceptors (Lipinski definition) is 4. The highest BCUT2D eigenvalue weighted by atomic mass is 19.1. The number of hydrogen-bond donors (Lipinski definition) is 2. The van der Waals surface area contributed by atoms with E-state index < -0.39 is 17.8 Å². The molecule has 1 aromatic carbocycles. The van der Waals surface area contributed by atoms with Gasteiger partial charge in [-0.25, -0.2) is 4.39 Å². The van der Waals surface area contributed by atoms with Gasteiger partial charge in [0.2, 0.25) is 5.91 Å². The molecule has 1 saturated heterocycles. The summed E-state index contributed by atoms with van der Waals surface area (Å²) in [4.78, 5) is 27.5. The monoisotopic (exact) mass is 351 g/mol. The zero-order valence-corrected chi connectivity index (χ0v) is 15.0. The van der Waals surface area contributed by atoms with Crippen molar-refractivity contribution in [2.75, 3.05) is 32.7 Å². The Balaban J connectivity index is 2.02. The van der Waals surface area contributed by atoms with Crippen molar-refractivity contribution in [1.82, 2.24) is 15.1 Å². The average Bonchev–Trinajstić information content (AvgIpc) is 2.51. The third kappa shape index (κ3) is 5.24. The highest BCUT2D eigenvalue weighted by Crippen LogP contribution is 2.26. The standard InChI is InChI=1S/C18H26FN3O3/c1-12(2)20-16(23)11-21-6-8-22(9-7-21)17(18(24)25)15-10-14(19)5-4-13(15)3/h4-5,10,12,17H,6-9,11H2,1-3H3,(H,20,23)(H,24,25)/t17-/m1/s1. The largest absolute Gasteiger partial charge is 0.480 e. The lowest BCUT2D eigenvalue weighted by Crippen LogP contribution is -2.52. The molecule has 0 bridgehead atoms. The van der Waals surface area contributed by atoms with E-state index in [0.717, 1.165) is 5.56 Å². The van der Waals surface area contributed by atoms with Crippen molar-refractivity contribution < 1.29 is 19.1 Å². The lowest BCUT2D eigenvalue weighted by atomic mass is 9.99. The van der Waals surface area contributed by atoms with E-state index in [0.29, 0.717) is 38.3 Å². The van der Waals surface area contributed by atoms with Gasteiger partial charge in [-0.1, -0.05) is 6.07 Å². The molecular weight excluding hydrogens is 325 g/mol. The summed E-state index contributed by atoms with van der Waals surface area (Å²) in [7, 11) is 0. The maximum Gasteiger partial charge on any atom is 0.325 e. The highest BCUT2D eigenvalue weighted by molar-refractivity contribution is 5.78. The molecule has 0 aromatic heterocycles.